The minimum Gasteiger partial charge on any atom is -0.508 e. The van der Waals surface area contributed by atoms with Crippen molar-refractivity contribution in [3.05, 3.63) is 149 Å². The zero-order valence-corrected chi connectivity index (χ0v) is 25.6. The molecule has 0 saturated heterocycles. The number of benzene rings is 6. The van der Waals surface area contributed by atoms with Gasteiger partial charge in [-0.25, -0.2) is 9.59 Å². The molecular formula is C39H32O8. The van der Waals surface area contributed by atoms with Crippen LogP contribution in [0.5, 0.6) is 17.2 Å². The third-order valence-corrected chi connectivity index (χ3v) is 8.07. The number of carbonyl (C=O) groups is 2. The number of hydrogen-bond donors (Lipinski definition) is 3. The molecule has 236 valence electrons. The number of carboxylic acids is 2. The van der Waals surface area contributed by atoms with Crippen LogP contribution >= 0.6 is 0 Å². The van der Waals surface area contributed by atoms with E-state index in [1.165, 1.54) is 31.4 Å². The van der Waals surface area contributed by atoms with Crippen LogP contribution in [-0.2, 0) is 24.2 Å². The van der Waals surface area contributed by atoms with Gasteiger partial charge in [-0.15, -0.1) is 0 Å². The second-order valence-corrected chi connectivity index (χ2v) is 11.1. The molecule has 6 rings (SSSR count). The molecule has 0 aliphatic rings. The Kier molecular flexibility index (Phi) is 9.04. The zero-order chi connectivity index (χ0) is 32.9. The Morgan fingerprint density at radius 3 is 1.89 bits per heavy atom. The highest BCUT2D eigenvalue weighted by atomic mass is 16.7. The molecule has 0 aliphatic carbocycles. The maximum absolute atomic E-state index is 12.7. The Labute approximate surface area is 271 Å². The number of methoxy groups -OCH3 is 1. The van der Waals surface area contributed by atoms with Gasteiger partial charge in [-0.2, -0.15) is 0 Å². The van der Waals surface area contributed by atoms with Gasteiger partial charge in [-0.3, -0.25) is 0 Å². The maximum Gasteiger partial charge on any atom is 0.340 e. The number of aryl methyl sites for hydroxylation is 2. The summed E-state index contributed by atoms with van der Waals surface area (Å²) in [7, 11) is 1.36. The zero-order valence-electron chi connectivity index (χ0n) is 25.6. The van der Waals surface area contributed by atoms with E-state index in [1.54, 1.807) is 6.07 Å². The van der Waals surface area contributed by atoms with E-state index in [0.717, 1.165) is 32.7 Å². The Bertz CT molecular complexity index is 2100. The SMILES string of the molecule is COc1cccc(C(OCc2ccc3ccccc3c2)Oc2cc(O)cc(CCc3ccc4ccccc4c3)c2C(=O)O)c1C(=O)O. The van der Waals surface area contributed by atoms with Crippen molar-refractivity contribution in [3.8, 4) is 17.2 Å². The van der Waals surface area contributed by atoms with Gasteiger partial charge in [0, 0.05) is 11.6 Å². The van der Waals surface area contributed by atoms with Gasteiger partial charge < -0.3 is 29.5 Å². The highest BCUT2D eigenvalue weighted by Gasteiger charge is 2.28. The number of aromatic carboxylic acids is 2. The predicted octanol–water partition coefficient (Wildman–Crippen LogP) is 8.18. The quantitative estimate of drug-likeness (QED) is 0.116. The molecule has 8 heteroatoms. The summed E-state index contributed by atoms with van der Waals surface area (Å²) in [6.07, 6.45) is -0.571. The van der Waals surface area contributed by atoms with Crippen LogP contribution in [-0.4, -0.2) is 34.4 Å². The highest BCUT2D eigenvalue weighted by molar-refractivity contribution is 5.94. The lowest BCUT2D eigenvalue weighted by Gasteiger charge is -2.24. The third kappa shape index (κ3) is 6.88. The van der Waals surface area contributed by atoms with Crippen molar-refractivity contribution < 1.29 is 39.1 Å². The summed E-state index contributed by atoms with van der Waals surface area (Å²) in [5.41, 5.74) is 1.94. The first kappa shape index (κ1) is 31.1. The van der Waals surface area contributed by atoms with Crippen molar-refractivity contribution in [1.82, 2.24) is 0 Å². The van der Waals surface area contributed by atoms with E-state index in [1.807, 2.05) is 78.9 Å². The van der Waals surface area contributed by atoms with Gasteiger partial charge in [0.05, 0.1) is 13.7 Å². The van der Waals surface area contributed by atoms with Crippen molar-refractivity contribution in [2.45, 2.75) is 25.7 Å². The number of hydrogen-bond acceptors (Lipinski definition) is 6. The Hall–Kier alpha value is -5.86. The largest absolute Gasteiger partial charge is 0.508 e. The summed E-state index contributed by atoms with van der Waals surface area (Å²) in [5, 5.41) is 35.5. The molecular weight excluding hydrogens is 596 g/mol. The fourth-order valence-electron chi connectivity index (χ4n) is 5.81. The predicted molar refractivity (Wildman–Crippen MR) is 178 cm³/mol. The molecule has 0 aliphatic heterocycles. The molecule has 0 saturated carbocycles. The number of aromatic hydroxyl groups is 1. The van der Waals surface area contributed by atoms with Gasteiger partial charge in [0.25, 0.3) is 0 Å². The fraction of sp³-hybridized carbons (Fsp3) is 0.128. The van der Waals surface area contributed by atoms with E-state index in [0.29, 0.717) is 18.4 Å². The second kappa shape index (κ2) is 13.6. The van der Waals surface area contributed by atoms with E-state index in [-0.39, 0.29) is 40.5 Å². The van der Waals surface area contributed by atoms with Gasteiger partial charge in [0.1, 0.15) is 28.4 Å². The van der Waals surface area contributed by atoms with Crippen LogP contribution in [0.15, 0.2) is 115 Å². The van der Waals surface area contributed by atoms with Crippen LogP contribution in [0.4, 0.5) is 0 Å². The van der Waals surface area contributed by atoms with Crippen molar-refractivity contribution in [2.75, 3.05) is 7.11 Å². The van der Waals surface area contributed by atoms with Gasteiger partial charge in [-0.1, -0.05) is 91.0 Å². The number of phenolic OH excluding ortho intramolecular Hbond substituents is 1. The van der Waals surface area contributed by atoms with E-state index in [9.17, 15) is 24.9 Å². The molecule has 3 N–H and O–H groups in total. The van der Waals surface area contributed by atoms with Crippen molar-refractivity contribution in [2.24, 2.45) is 0 Å². The number of carboxylic acid groups (broad SMARTS) is 2. The lowest BCUT2D eigenvalue weighted by Crippen LogP contribution is -2.19. The Morgan fingerprint density at radius 1 is 0.638 bits per heavy atom. The molecule has 1 atom stereocenters. The first-order valence-corrected chi connectivity index (χ1v) is 15.0. The van der Waals surface area contributed by atoms with Gasteiger partial charge in [0.15, 0.2) is 0 Å². The molecule has 0 spiro atoms. The maximum atomic E-state index is 12.7. The van der Waals surface area contributed by atoms with Gasteiger partial charge >= 0.3 is 11.9 Å². The van der Waals surface area contributed by atoms with E-state index < -0.39 is 18.2 Å². The summed E-state index contributed by atoms with van der Waals surface area (Å²) in [4.78, 5) is 25.2. The number of fused-ring (bicyclic) bond motifs is 2. The topological polar surface area (TPSA) is 123 Å². The molecule has 0 aromatic heterocycles. The lowest BCUT2D eigenvalue weighted by molar-refractivity contribution is -0.0937. The minimum atomic E-state index is -1.38. The summed E-state index contributed by atoms with van der Waals surface area (Å²) >= 11 is 0. The van der Waals surface area contributed by atoms with E-state index in [2.05, 4.69) is 6.07 Å². The van der Waals surface area contributed by atoms with Crippen LogP contribution in [0.2, 0.25) is 0 Å². The minimum absolute atomic E-state index is 0.0157. The smallest absolute Gasteiger partial charge is 0.340 e. The first-order chi connectivity index (χ1) is 22.8. The van der Waals surface area contributed by atoms with E-state index in [4.69, 9.17) is 14.2 Å². The molecule has 8 nitrogen and oxygen atoms in total. The van der Waals surface area contributed by atoms with Crippen LogP contribution in [0.25, 0.3) is 21.5 Å². The van der Waals surface area contributed by atoms with Crippen molar-refractivity contribution in [3.63, 3.8) is 0 Å². The molecule has 0 bridgehead atoms. The number of phenols is 1. The van der Waals surface area contributed by atoms with Crippen molar-refractivity contribution >= 4 is 33.5 Å². The van der Waals surface area contributed by atoms with Crippen LogP contribution in [0.1, 0.15) is 49.3 Å². The Morgan fingerprint density at radius 2 is 1.26 bits per heavy atom. The molecule has 0 radical (unpaired) electrons. The molecule has 1 unspecified atom stereocenters. The third-order valence-electron chi connectivity index (χ3n) is 8.07. The molecule has 6 aromatic rings. The fourth-order valence-corrected chi connectivity index (χ4v) is 5.81. The first-order valence-electron chi connectivity index (χ1n) is 15.0. The number of ether oxygens (including phenoxy) is 3. The molecule has 6 aromatic carbocycles. The normalized spacial score (nSPS) is 11.8. The molecule has 47 heavy (non-hydrogen) atoms. The average molecular weight is 629 g/mol. The van der Waals surface area contributed by atoms with Crippen LogP contribution < -0.4 is 9.47 Å². The van der Waals surface area contributed by atoms with E-state index >= 15 is 0 Å². The summed E-state index contributed by atoms with van der Waals surface area (Å²) < 4.78 is 17.8. The molecule has 0 amide bonds. The van der Waals surface area contributed by atoms with Gasteiger partial charge in [0.2, 0.25) is 6.29 Å². The molecule has 0 fully saturated rings. The lowest BCUT2D eigenvalue weighted by atomic mass is 9.97. The Balaban J connectivity index is 1.36. The molecule has 0 heterocycles. The standard InChI is InChI=1S/C39H32O8/c1-45-33-12-6-11-32(36(33)38(43)44)39(46-23-25-15-17-27-8-3-5-10-29(27)20-25)47-34-22-31(40)21-30(35(34)37(41)42)18-14-24-13-16-26-7-2-4-9-28(26)19-24/h2-13,15-17,19-22,39-40H,14,18,23H2,1H3,(H,41,42)(H,43,44). The van der Waals surface area contributed by atoms with Crippen molar-refractivity contribution in [1.29, 1.82) is 0 Å². The second-order valence-electron chi connectivity index (χ2n) is 11.1. The summed E-state index contributed by atoms with van der Waals surface area (Å²) in [6, 6.07) is 35.0. The summed E-state index contributed by atoms with van der Waals surface area (Å²) in [6.45, 7) is 0.0157. The van der Waals surface area contributed by atoms with Crippen LogP contribution in [0.3, 0.4) is 0 Å². The average Bonchev–Trinajstić information content (AvgIpc) is 3.08. The monoisotopic (exact) mass is 628 g/mol. The summed E-state index contributed by atoms with van der Waals surface area (Å²) in [5.74, 6) is -2.80. The highest BCUT2D eigenvalue weighted by Crippen LogP contribution is 2.36. The number of rotatable bonds is 12. The van der Waals surface area contributed by atoms with Crippen LogP contribution in [0, 0.1) is 0 Å². The van der Waals surface area contributed by atoms with Gasteiger partial charge in [-0.05, 0) is 69.3 Å².